The molecule has 1 aliphatic carbocycles. The summed E-state index contributed by atoms with van der Waals surface area (Å²) in [6.45, 7) is 13.6. The Hall–Kier alpha value is -1.88. The van der Waals surface area contributed by atoms with Crippen LogP contribution in [0.2, 0.25) is 0 Å². The van der Waals surface area contributed by atoms with E-state index in [9.17, 15) is 4.79 Å². The largest absolute Gasteiger partial charge is 0.329 e. The van der Waals surface area contributed by atoms with Gasteiger partial charge in [0.05, 0.1) is 12.2 Å². The Balaban J connectivity index is 0.00000154. The van der Waals surface area contributed by atoms with E-state index in [0.717, 1.165) is 43.6 Å². The number of aromatic nitrogens is 2. The summed E-state index contributed by atoms with van der Waals surface area (Å²) in [5.41, 5.74) is 6.65. The summed E-state index contributed by atoms with van der Waals surface area (Å²) in [6.07, 6.45) is 15.7. The SMILES string of the molecule is C/C=C\C/C=C\Cc1cc(NC(=O)C2CCCC(C)C2)n(CCN)n1.CC.CCC. The third-order valence-corrected chi connectivity index (χ3v) is 4.73. The molecule has 0 spiro atoms. The van der Waals surface area contributed by atoms with E-state index < -0.39 is 0 Å². The van der Waals surface area contributed by atoms with Crippen LogP contribution >= 0.6 is 0 Å². The lowest BCUT2D eigenvalue weighted by atomic mass is 9.82. The topological polar surface area (TPSA) is 72.9 Å². The van der Waals surface area contributed by atoms with Crippen molar-refractivity contribution in [2.75, 3.05) is 11.9 Å². The van der Waals surface area contributed by atoms with E-state index in [1.807, 2.05) is 37.6 Å². The predicted octanol–water partition coefficient (Wildman–Crippen LogP) is 6.11. The molecule has 1 fully saturated rings. The first-order valence-corrected chi connectivity index (χ1v) is 11.9. The maximum absolute atomic E-state index is 12.6. The van der Waals surface area contributed by atoms with Crippen LogP contribution in [0.4, 0.5) is 5.82 Å². The molecule has 1 aromatic rings. The molecule has 5 nitrogen and oxygen atoms in total. The number of hydrogen-bond acceptors (Lipinski definition) is 3. The summed E-state index contributed by atoms with van der Waals surface area (Å²) in [4.78, 5) is 12.6. The Morgan fingerprint density at radius 3 is 2.57 bits per heavy atom. The normalized spacial score (nSPS) is 18.5. The van der Waals surface area contributed by atoms with E-state index in [0.29, 0.717) is 19.0 Å². The summed E-state index contributed by atoms with van der Waals surface area (Å²) in [5, 5.41) is 7.67. The number of nitrogens with one attached hydrogen (secondary N) is 1. The van der Waals surface area contributed by atoms with Crippen LogP contribution in [0.3, 0.4) is 0 Å². The van der Waals surface area contributed by atoms with Gasteiger partial charge in [-0.2, -0.15) is 5.10 Å². The second-order valence-corrected chi connectivity index (χ2v) is 7.68. The maximum atomic E-state index is 12.6. The van der Waals surface area contributed by atoms with Crippen molar-refractivity contribution in [1.82, 2.24) is 9.78 Å². The Kier molecular flexibility index (Phi) is 16.8. The number of amides is 1. The predicted molar refractivity (Wildman–Crippen MR) is 131 cm³/mol. The van der Waals surface area contributed by atoms with Crippen molar-refractivity contribution in [3.05, 3.63) is 36.1 Å². The van der Waals surface area contributed by atoms with Crippen LogP contribution in [0.25, 0.3) is 0 Å². The van der Waals surface area contributed by atoms with Gasteiger partial charge in [0.1, 0.15) is 5.82 Å². The lowest BCUT2D eigenvalue weighted by Gasteiger charge is -2.25. The molecule has 1 saturated carbocycles. The van der Waals surface area contributed by atoms with Crippen LogP contribution < -0.4 is 11.1 Å². The molecule has 30 heavy (non-hydrogen) atoms. The summed E-state index contributed by atoms with van der Waals surface area (Å²) in [6, 6.07) is 1.97. The first kappa shape index (κ1) is 28.1. The van der Waals surface area contributed by atoms with Crippen molar-refractivity contribution in [3.8, 4) is 0 Å². The molecule has 0 aliphatic heterocycles. The number of rotatable bonds is 8. The van der Waals surface area contributed by atoms with E-state index in [4.69, 9.17) is 5.73 Å². The van der Waals surface area contributed by atoms with Gasteiger partial charge in [0, 0.05) is 24.9 Å². The van der Waals surface area contributed by atoms with Crippen molar-refractivity contribution in [3.63, 3.8) is 0 Å². The highest BCUT2D eigenvalue weighted by Gasteiger charge is 2.25. The van der Waals surface area contributed by atoms with Gasteiger partial charge in [0.2, 0.25) is 5.91 Å². The van der Waals surface area contributed by atoms with E-state index in [2.05, 4.69) is 49.4 Å². The van der Waals surface area contributed by atoms with E-state index in [1.54, 1.807) is 0 Å². The standard InChI is InChI=1S/C20H32N4O.C3H8.C2H6/c1-3-4-5-6-7-11-18-15-19(24(23-18)13-12-21)22-20(25)17-10-8-9-16(2)14-17;1-3-2;1-2/h3-4,6-7,15-17H,5,8-14,21H2,1-2H3,(H,22,25);3H2,1-2H3;1-2H3/b4-3-,7-6-;;. The molecule has 2 unspecified atom stereocenters. The van der Waals surface area contributed by atoms with Crippen molar-refractivity contribution in [1.29, 1.82) is 0 Å². The molecule has 3 N–H and O–H groups in total. The van der Waals surface area contributed by atoms with Gasteiger partial charge in [0.25, 0.3) is 0 Å². The van der Waals surface area contributed by atoms with Gasteiger partial charge in [-0.3, -0.25) is 4.79 Å². The summed E-state index contributed by atoms with van der Waals surface area (Å²) < 4.78 is 1.82. The molecule has 1 heterocycles. The molecule has 0 radical (unpaired) electrons. The van der Waals surface area contributed by atoms with E-state index in [-0.39, 0.29) is 11.8 Å². The van der Waals surface area contributed by atoms with Gasteiger partial charge >= 0.3 is 0 Å². The Labute approximate surface area is 185 Å². The fraction of sp³-hybridized carbons (Fsp3) is 0.680. The average molecular weight is 419 g/mol. The third-order valence-electron chi connectivity index (χ3n) is 4.73. The van der Waals surface area contributed by atoms with Crippen LogP contribution in [0.5, 0.6) is 0 Å². The van der Waals surface area contributed by atoms with E-state index >= 15 is 0 Å². The number of anilines is 1. The molecule has 0 bridgehead atoms. The number of nitrogens with zero attached hydrogens (tertiary/aromatic N) is 2. The number of nitrogens with two attached hydrogens (primary N) is 1. The third kappa shape index (κ3) is 11.3. The highest BCUT2D eigenvalue weighted by molar-refractivity contribution is 5.91. The van der Waals surface area contributed by atoms with Gasteiger partial charge in [0.15, 0.2) is 0 Å². The quantitative estimate of drug-likeness (QED) is 0.500. The van der Waals surface area contributed by atoms with E-state index in [1.165, 1.54) is 12.8 Å². The lowest BCUT2D eigenvalue weighted by molar-refractivity contribution is -0.121. The first-order chi connectivity index (χ1) is 14.5. The molecule has 1 aliphatic rings. The number of carbonyl (C=O) groups is 1. The molecular weight excluding hydrogens is 372 g/mol. The lowest BCUT2D eigenvalue weighted by Crippen LogP contribution is -2.28. The molecule has 1 aromatic heterocycles. The molecule has 0 saturated heterocycles. The minimum atomic E-state index is 0.120. The molecular formula is C25H46N4O. The summed E-state index contributed by atoms with van der Waals surface area (Å²) >= 11 is 0. The highest BCUT2D eigenvalue weighted by atomic mass is 16.2. The zero-order chi connectivity index (χ0) is 22.8. The van der Waals surface area contributed by atoms with Crippen LogP contribution in [0.1, 0.15) is 85.8 Å². The minimum absolute atomic E-state index is 0.120. The fourth-order valence-electron chi connectivity index (χ4n) is 3.38. The van der Waals surface area contributed by atoms with Gasteiger partial charge in [-0.1, -0.05) is 78.2 Å². The van der Waals surface area contributed by atoms with Gasteiger partial charge in [-0.25, -0.2) is 4.68 Å². The van der Waals surface area contributed by atoms with Gasteiger partial charge in [-0.15, -0.1) is 0 Å². The summed E-state index contributed by atoms with van der Waals surface area (Å²) in [7, 11) is 0. The number of allylic oxidation sites excluding steroid dienone is 4. The van der Waals surface area contributed by atoms with Gasteiger partial charge in [-0.05, 0) is 32.1 Å². The molecule has 5 heteroatoms. The van der Waals surface area contributed by atoms with Gasteiger partial charge < -0.3 is 11.1 Å². The van der Waals surface area contributed by atoms with Crippen molar-refractivity contribution in [2.24, 2.45) is 17.6 Å². The molecule has 172 valence electrons. The molecule has 1 amide bonds. The monoisotopic (exact) mass is 418 g/mol. The molecule has 2 rings (SSSR count). The highest BCUT2D eigenvalue weighted by Crippen LogP contribution is 2.29. The zero-order valence-electron chi connectivity index (χ0n) is 20.3. The average Bonchev–Trinajstić information content (AvgIpc) is 3.11. The second kappa shape index (κ2) is 17.9. The first-order valence-electron chi connectivity index (χ1n) is 11.9. The van der Waals surface area contributed by atoms with Crippen LogP contribution in [0, 0.1) is 11.8 Å². The summed E-state index contributed by atoms with van der Waals surface area (Å²) in [5.74, 6) is 1.65. The van der Waals surface area contributed by atoms with Crippen LogP contribution in [0.15, 0.2) is 30.4 Å². The number of hydrogen-bond donors (Lipinski definition) is 2. The van der Waals surface area contributed by atoms with Crippen LogP contribution in [-0.4, -0.2) is 22.2 Å². The second-order valence-electron chi connectivity index (χ2n) is 7.68. The fourth-order valence-corrected chi connectivity index (χ4v) is 3.38. The number of carbonyl (C=O) groups excluding carboxylic acids is 1. The minimum Gasteiger partial charge on any atom is -0.329 e. The van der Waals surface area contributed by atoms with Crippen molar-refractivity contribution in [2.45, 2.75) is 93.0 Å². The van der Waals surface area contributed by atoms with Crippen molar-refractivity contribution >= 4 is 11.7 Å². The zero-order valence-corrected chi connectivity index (χ0v) is 20.3. The molecule has 0 aromatic carbocycles. The maximum Gasteiger partial charge on any atom is 0.228 e. The Bertz CT molecular complexity index is 619. The Morgan fingerprint density at radius 1 is 1.27 bits per heavy atom. The Morgan fingerprint density at radius 2 is 1.97 bits per heavy atom. The smallest absolute Gasteiger partial charge is 0.228 e. The van der Waals surface area contributed by atoms with Crippen LogP contribution in [-0.2, 0) is 17.8 Å². The molecule has 2 atom stereocenters. The van der Waals surface area contributed by atoms with Crippen molar-refractivity contribution < 1.29 is 4.79 Å².